The number of para-hydroxylation sites is 2. The topological polar surface area (TPSA) is 38.7 Å². The fourth-order valence-electron chi connectivity index (χ4n) is 3.27. The van der Waals surface area contributed by atoms with Gasteiger partial charge in [0.15, 0.2) is 0 Å². The molecule has 0 unspecified atom stereocenters. The molecule has 0 saturated heterocycles. The Morgan fingerprint density at radius 2 is 1.37 bits per heavy atom. The lowest BCUT2D eigenvalue weighted by Gasteiger charge is -2.11. The summed E-state index contributed by atoms with van der Waals surface area (Å²) < 4.78 is 1.03. The van der Waals surface area contributed by atoms with Gasteiger partial charge in [-0.25, -0.2) is 9.97 Å². The van der Waals surface area contributed by atoms with E-state index < -0.39 is 0 Å². The Hall–Kier alpha value is -3.11. The molecule has 0 bridgehead atoms. The molecule has 5 aromatic rings. The van der Waals surface area contributed by atoms with E-state index >= 15 is 0 Å². The Morgan fingerprint density at radius 3 is 2.22 bits per heavy atom. The van der Waals surface area contributed by atoms with Crippen LogP contribution in [0.15, 0.2) is 89.5 Å². The minimum atomic E-state index is 0.774. The first kappa shape index (κ1) is 16.1. The molecule has 0 amide bonds. The van der Waals surface area contributed by atoms with Crippen LogP contribution in [-0.2, 0) is 0 Å². The summed E-state index contributed by atoms with van der Waals surface area (Å²) in [6, 6.07) is 26.5. The number of aromatic nitrogens is 3. The van der Waals surface area contributed by atoms with Gasteiger partial charge in [-0.3, -0.25) is 4.98 Å². The van der Waals surface area contributed by atoms with Crippen LogP contribution in [-0.4, -0.2) is 15.0 Å². The van der Waals surface area contributed by atoms with E-state index in [2.05, 4.69) is 57.3 Å². The van der Waals surface area contributed by atoms with Crippen molar-refractivity contribution in [1.29, 1.82) is 0 Å². The van der Waals surface area contributed by atoms with Crippen LogP contribution in [0.1, 0.15) is 0 Å². The van der Waals surface area contributed by atoms with E-state index in [4.69, 9.17) is 9.97 Å². The van der Waals surface area contributed by atoms with Gasteiger partial charge in [0, 0.05) is 9.86 Å². The lowest BCUT2D eigenvalue weighted by molar-refractivity contribution is 1.26. The maximum atomic E-state index is 4.86. The molecular formula is C23H14BrN3. The summed E-state index contributed by atoms with van der Waals surface area (Å²) in [4.78, 5) is 14.2. The predicted molar refractivity (Wildman–Crippen MR) is 113 cm³/mol. The zero-order valence-electron chi connectivity index (χ0n) is 14.3. The largest absolute Gasteiger partial charge is 0.252 e. The summed E-state index contributed by atoms with van der Waals surface area (Å²) in [5.74, 6) is 0. The zero-order valence-corrected chi connectivity index (χ0v) is 15.9. The van der Waals surface area contributed by atoms with Crippen molar-refractivity contribution in [3.8, 4) is 22.5 Å². The second kappa shape index (κ2) is 6.56. The molecule has 5 rings (SSSR count). The summed E-state index contributed by atoms with van der Waals surface area (Å²) in [7, 11) is 0. The van der Waals surface area contributed by atoms with E-state index in [1.54, 1.807) is 6.20 Å². The molecule has 0 aliphatic heterocycles. The Bertz CT molecular complexity index is 1280. The first-order chi connectivity index (χ1) is 13.3. The molecule has 0 saturated carbocycles. The molecule has 0 N–H and O–H groups in total. The first-order valence-electron chi connectivity index (χ1n) is 8.66. The van der Waals surface area contributed by atoms with Crippen LogP contribution in [0.25, 0.3) is 44.5 Å². The zero-order chi connectivity index (χ0) is 18.2. The van der Waals surface area contributed by atoms with Crippen LogP contribution in [0.5, 0.6) is 0 Å². The van der Waals surface area contributed by atoms with Gasteiger partial charge in [-0.1, -0.05) is 58.4 Å². The third-order valence-electron chi connectivity index (χ3n) is 4.57. The van der Waals surface area contributed by atoms with Crippen molar-refractivity contribution in [2.45, 2.75) is 0 Å². The van der Waals surface area contributed by atoms with E-state index in [-0.39, 0.29) is 0 Å². The number of rotatable bonds is 2. The van der Waals surface area contributed by atoms with Crippen molar-refractivity contribution in [3.63, 3.8) is 0 Å². The highest BCUT2D eigenvalue weighted by Gasteiger charge is 2.11. The van der Waals surface area contributed by atoms with Crippen molar-refractivity contribution < 1.29 is 0 Å². The Morgan fingerprint density at radius 1 is 0.630 bits per heavy atom. The van der Waals surface area contributed by atoms with Gasteiger partial charge in [0.05, 0.1) is 28.4 Å². The third-order valence-corrected chi connectivity index (χ3v) is 5.06. The van der Waals surface area contributed by atoms with E-state index in [1.807, 2.05) is 42.5 Å². The van der Waals surface area contributed by atoms with E-state index in [0.717, 1.165) is 48.9 Å². The van der Waals surface area contributed by atoms with Crippen LogP contribution in [0.4, 0.5) is 0 Å². The van der Waals surface area contributed by atoms with Crippen molar-refractivity contribution in [1.82, 2.24) is 15.0 Å². The average molecular weight is 412 g/mol. The van der Waals surface area contributed by atoms with Crippen LogP contribution in [0, 0.1) is 0 Å². The van der Waals surface area contributed by atoms with Gasteiger partial charge in [0.1, 0.15) is 5.69 Å². The molecule has 3 nitrogen and oxygen atoms in total. The number of halogens is 1. The molecule has 2 aromatic heterocycles. The molecule has 0 atom stereocenters. The minimum Gasteiger partial charge on any atom is -0.252 e. The van der Waals surface area contributed by atoms with E-state index in [9.17, 15) is 0 Å². The monoisotopic (exact) mass is 411 g/mol. The van der Waals surface area contributed by atoms with Crippen molar-refractivity contribution >= 4 is 37.9 Å². The number of hydrogen-bond donors (Lipinski definition) is 0. The highest BCUT2D eigenvalue weighted by Crippen LogP contribution is 2.33. The van der Waals surface area contributed by atoms with Crippen LogP contribution in [0.3, 0.4) is 0 Å². The smallest absolute Gasteiger partial charge is 0.108 e. The van der Waals surface area contributed by atoms with Gasteiger partial charge < -0.3 is 0 Å². The molecule has 0 spiro atoms. The molecular weight excluding hydrogens is 398 g/mol. The molecule has 27 heavy (non-hydrogen) atoms. The maximum absolute atomic E-state index is 4.86. The van der Waals surface area contributed by atoms with Crippen molar-refractivity contribution in [2.24, 2.45) is 0 Å². The number of nitrogens with zero attached hydrogens (tertiary/aromatic N) is 3. The summed E-state index contributed by atoms with van der Waals surface area (Å²) in [5, 5.41) is 1.10. The summed E-state index contributed by atoms with van der Waals surface area (Å²) in [6.45, 7) is 0. The van der Waals surface area contributed by atoms with Gasteiger partial charge in [-0.2, -0.15) is 0 Å². The highest BCUT2D eigenvalue weighted by atomic mass is 79.9. The Balaban J connectivity index is 1.78. The molecule has 3 aromatic carbocycles. The highest BCUT2D eigenvalue weighted by molar-refractivity contribution is 9.10. The predicted octanol–water partition coefficient (Wildman–Crippen LogP) is 6.27. The second-order valence-corrected chi connectivity index (χ2v) is 7.24. The lowest BCUT2D eigenvalue weighted by atomic mass is 9.99. The Labute approximate surface area is 164 Å². The standard InChI is InChI=1S/C23H14BrN3/c24-16-10-11-19-18(12-16)17(15-6-2-1-3-7-15)13-22(26-19)23-14-25-20-8-4-5-9-21(20)27-23/h1-14H. The quantitative estimate of drug-likeness (QED) is 0.343. The van der Waals surface area contributed by atoms with Gasteiger partial charge in [0.25, 0.3) is 0 Å². The molecule has 0 radical (unpaired) electrons. The molecule has 128 valence electrons. The van der Waals surface area contributed by atoms with Gasteiger partial charge in [-0.05, 0) is 47.5 Å². The van der Waals surface area contributed by atoms with Gasteiger partial charge in [0.2, 0.25) is 0 Å². The van der Waals surface area contributed by atoms with Crippen LogP contribution in [0.2, 0.25) is 0 Å². The summed E-state index contributed by atoms with van der Waals surface area (Å²) in [5.41, 5.74) is 6.57. The third kappa shape index (κ3) is 2.98. The Kier molecular flexibility index (Phi) is 3.91. The number of fused-ring (bicyclic) bond motifs is 2. The molecule has 0 fully saturated rings. The molecule has 0 aliphatic carbocycles. The van der Waals surface area contributed by atoms with Crippen LogP contribution < -0.4 is 0 Å². The van der Waals surface area contributed by atoms with E-state index in [1.165, 1.54) is 0 Å². The van der Waals surface area contributed by atoms with Crippen LogP contribution >= 0.6 is 15.9 Å². The fraction of sp³-hybridized carbons (Fsp3) is 0. The van der Waals surface area contributed by atoms with Gasteiger partial charge in [-0.15, -0.1) is 0 Å². The normalized spacial score (nSPS) is 11.1. The molecule has 0 aliphatic rings. The molecule has 4 heteroatoms. The van der Waals surface area contributed by atoms with E-state index in [0.29, 0.717) is 0 Å². The fourth-order valence-corrected chi connectivity index (χ4v) is 3.63. The summed E-state index contributed by atoms with van der Waals surface area (Å²) in [6.07, 6.45) is 1.80. The average Bonchev–Trinajstić information content (AvgIpc) is 2.73. The second-order valence-electron chi connectivity index (χ2n) is 6.33. The van der Waals surface area contributed by atoms with Crippen molar-refractivity contribution in [2.75, 3.05) is 0 Å². The van der Waals surface area contributed by atoms with Crippen molar-refractivity contribution in [3.05, 3.63) is 89.5 Å². The first-order valence-corrected chi connectivity index (χ1v) is 9.45. The maximum Gasteiger partial charge on any atom is 0.108 e. The van der Waals surface area contributed by atoms with Gasteiger partial charge >= 0.3 is 0 Å². The lowest BCUT2D eigenvalue weighted by Crippen LogP contribution is -1.94. The SMILES string of the molecule is Brc1ccc2nc(-c3cnc4ccccc4n3)cc(-c3ccccc3)c2c1. The number of pyridine rings is 1. The summed E-state index contributed by atoms with van der Waals surface area (Å²) >= 11 is 3.58. The minimum absolute atomic E-state index is 0.774. The molecule has 2 heterocycles. The number of hydrogen-bond acceptors (Lipinski definition) is 3. The number of benzene rings is 3.